The van der Waals surface area contributed by atoms with Crippen LogP contribution in [0.3, 0.4) is 0 Å². The van der Waals surface area contributed by atoms with Gasteiger partial charge in [-0.1, -0.05) is 100 Å². The molecular weight excluding hydrogens is 406 g/mol. The number of rotatable bonds is 10. The first-order valence-corrected chi connectivity index (χ1v) is 12.1. The van der Waals surface area contributed by atoms with Gasteiger partial charge in [-0.25, -0.2) is 4.79 Å². The Morgan fingerprint density at radius 3 is 2.06 bits per heavy atom. The molecule has 0 unspecified atom stereocenters. The highest BCUT2D eigenvalue weighted by atomic mass is 16.2. The van der Waals surface area contributed by atoms with Crippen LogP contribution in [0.15, 0.2) is 78.9 Å². The van der Waals surface area contributed by atoms with Gasteiger partial charge in [0.25, 0.3) is 0 Å². The Bertz CT molecular complexity index is 984. The van der Waals surface area contributed by atoms with Crippen LogP contribution in [0.1, 0.15) is 44.7 Å². The fourth-order valence-electron chi connectivity index (χ4n) is 3.85. The number of carbonyl (C=O) groups excluding carboxylic acids is 1. The van der Waals surface area contributed by atoms with E-state index in [1.807, 2.05) is 42.5 Å². The minimum absolute atomic E-state index is 0.0942. The van der Waals surface area contributed by atoms with Crippen molar-refractivity contribution in [2.45, 2.75) is 52.6 Å². The number of urea groups is 1. The van der Waals surface area contributed by atoms with E-state index in [0.717, 1.165) is 36.1 Å². The number of benzene rings is 3. The highest BCUT2D eigenvalue weighted by molar-refractivity contribution is 5.92. The normalized spacial score (nSPS) is 12.7. The number of nitrogens with one attached hydrogen (secondary N) is 1. The standard InChI is InChI=1S/C29H37N3O/c1-4-9-23-12-14-25(15-13-23)26-16-18-27(19-17-26)32(21-28(30)22(3)5-2)29(33)31-20-24-10-7-6-8-11-24/h6-8,10-19,22,28H,4-5,9,20-21,30H2,1-3H3,(H,31,33)/t22-,28+/m0/s1. The lowest BCUT2D eigenvalue weighted by Crippen LogP contribution is -2.48. The lowest BCUT2D eigenvalue weighted by Gasteiger charge is -2.29. The van der Waals surface area contributed by atoms with E-state index in [4.69, 9.17) is 5.73 Å². The molecule has 0 heterocycles. The topological polar surface area (TPSA) is 58.4 Å². The van der Waals surface area contributed by atoms with Crippen LogP contribution in [-0.2, 0) is 13.0 Å². The Morgan fingerprint density at radius 1 is 0.879 bits per heavy atom. The molecule has 0 aliphatic carbocycles. The molecule has 0 aromatic heterocycles. The van der Waals surface area contributed by atoms with Crippen molar-refractivity contribution in [3.63, 3.8) is 0 Å². The van der Waals surface area contributed by atoms with E-state index in [1.165, 1.54) is 11.1 Å². The van der Waals surface area contributed by atoms with E-state index in [0.29, 0.717) is 19.0 Å². The van der Waals surface area contributed by atoms with Crippen molar-refractivity contribution in [1.82, 2.24) is 5.32 Å². The first-order valence-electron chi connectivity index (χ1n) is 12.1. The number of anilines is 1. The molecule has 3 N–H and O–H groups in total. The smallest absolute Gasteiger partial charge is 0.322 e. The van der Waals surface area contributed by atoms with E-state index in [-0.39, 0.29) is 12.1 Å². The van der Waals surface area contributed by atoms with Crippen molar-refractivity contribution >= 4 is 11.7 Å². The van der Waals surface area contributed by atoms with Gasteiger partial charge in [0.05, 0.1) is 0 Å². The zero-order valence-corrected chi connectivity index (χ0v) is 20.1. The molecule has 33 heavy (non-hydrogen) atoms. The molecule has 0 aliphatic heterocycles. The summed E-state index contributed by atoms with van der Waals surface area (Å²) in [6.07, 6.45) is 3.23. The Balaban J connectivity index is 1.77. The lowest BCUT2D eigenvalue weighted by atomic mass is 9.99. The van der Waals surface area contributed by atoms with Crippen molar-refractivity contribution < 1.29 is 4.79 Å². The first kappa shape index (κ1) is 24.5. The molecule has 3 rings (SSSR count). The van der Waals surface area contributed by atoms with Gasteiger partial charge in [0.2, 0.25) is 0 Å². The second kappa shape index (κ2) is 12.2. The Morgan fingerprint density at radius 2 is 1.48 bits per heavy atom. The van der Waals surface area contributed by atoms with Gasteiger partial charge in [0.15, 0.2) is 0 Å². The summed E-state index contributed by atoms with van der Waals surface area (Å²) in [4.78, 5) is 14.9. The molecule has 0 spiro atoms. The average Bonchev–Trinajstić information content (AvgIpc) is 2.86. The number of hydrogen-bond acceptors (Lipinski definition) is 2. The molecule has 0 saturated carbocycles. The van der Waals surface area contributed by atoms with Gasteiger partial charge in [-0.15, -0.1) is 0 Å². The van der Waals surface area contributed by atoms with E-state index in [2.05, 4.69) is 62.5 Å². The van der Waals surface area contributed by atoms with Crippen LogP contribution >= 0.6 is 0 Å². The molecule has 174 valence electrons. The highest BCUT2D eigenvalue weighted by Gasteiger charge is 2.21. The van der Waals surface area contributed by atoms with Gasteiger partial charge in [0.1, 0.15) is 0 Å². The minimum Gasteiger partial charge on any atom is -0.334 e. The van der Waals surface area contributed by atoms with Crippen molar-refractivity contribution in [2.75, 3.05) is 11.4 Å². The maximum atomic E-state index is 13.2. The quantitative estimate of drug-likeness (QED) is 0.381. The molecule has 4 nitrogen and oxygen atoms in total. The minimum atomic E-state index is -0.130. The lowest BCUT2D eigenvalue weighted by molar-refractivity contribution is 0.244. The van der Waals surface area contributed by atoms with Gasteiger partial charge < -0.3 is 11.1 Å². The van der Waals surface area contributed by atoms with Gasteiger partial charge in [0, 0.05) is 24.8 Å². The van der Waals surface area contributed by atoms with E-state index < -0.39 is 0 Å². The van der Waals surface area contributed by atoms with Crippen molar-refractivity contribution in [1.29, 1.82) is 0 Å². The third-order valence-electron chi connectivity index (χ3n) is 6.30. The predicted octanol–water partition coefficient (Wildman–Crippen LogP) is 6.40. The Hall–Kier alpha value is -3.11. The molecule has 0 fully saturated rings. The predicted molar refractivity (Wildman–Crippen MR) is 139 cm³/mol. The summed E-state index contributed by atoms with van der Waals surface area (Å²) >= 11 is 0. The number of nitrogens with zero attached hydrogens (tertiary/aromatic N) is 1. The summed E-state index contributed by atoms with van der Waals surface area (Å²) < 4.78 is 0. The Labute approximate surface area is 198 Å². The molecule has 0 bridgehead atoms. The number of nitrogens with two attached hydrogens (primary N) is 1. The first-order chi connectivity index (χ1) is 16.0. The second-order valence-electron chi connectivity index (χ2n) is 8.80. The maximum Gasteiger partial charge on any atom is 0.322 e. The molecule has 0 saturated heterocycles. The number of amides is 2. The fraction of sp³-hybridized carbons (Fsp3) is 0.345. The summed E-state index contributed by atoms with van der Waals surface area (Å²) in [6.45, 7) is 7.42. The number of carbonyl (C=O) groups is 1. The summed E-state index contributed by atoms with van der Waals surface area (Å²) in [7, 11) is 0. The largest absolute Gasteiger partial charge is 0.334 e. The maximum absolute atomic E-state index is 13.2. The molecule has 2 amide bonds. The third kappa shape index (κ3) is 6.93. The van der Waals surface area contributed by atoms with Crippen molar-refractivity contribution in [3.05, 3.63) is 90.0 Å². The van der Waals surface area contributed by atoms with Crippen LogP contribution in [0.25, 0.3) is 11.1 Å². The SMILES string of the molecule is CCCc1ccc(-c2ccc(N(C[C@@H](N)[C@@H](C)CC)C(=O)NCc3ccccc3)cc2)cc1. The van der Waals surface area contributed by atoms with Crippen LogP contribution in [0.2, 0.25) is 0 Å². The fourth-order valence-corrected chi connectivity index (χ4v) is 3.85. The molecule has 0 aliphatic rings. The molecular formula is C29H37N3O. The van der Waals surface area contributed by atoms with Crippen LogP contribution in [0, 0.1) is 5.92 Å². The summed E-state index contributed by atoms with van der Waals surface area (Å²) in [5.74, 6) is 0.329. The molecule has 2 atom stereocenters. The second-order valence-corrected chi connectivity index (χ2v) is 8.80. The average molecular weight is 444 g/mol. The van der Waals surface area contributed by atoms with Gasteiger partial charge in [-0.05, 0) is 46.7 Å². The van der Waals surface area contributed by atoms with Gasteiger partial charge >= 0.3 is 6.03 Å². The summed E-state index contributed by atoms with van der Waals surface area (Å²) in [5.41, 5.74) is 12.0. The van der Waals surface area contributed by atoms with Crippen molar-refractivity contribution in [3.8, 4) is 11.1 Å². The van der Waals surface area contributed by atoms with Crippen LogP contribution in [0.5, 0.6) is 0 Å². The van der Waals surface area contributed by atoms with Crippen LogP contribution < -0.4 is 16.0 Å². The number of hydrogen-bond donors (Lipinski definition) is 2. The third-order valence-corrected chi connectivity index (χ3v) is 6.30. The van der Waals surface area contributed by atoms with Crippen molar-refractivity contribution in [2.24, 2.45) is 11.7 Å². The molecule has 4 heteroatoms. The zero-order valence-electron chi connectivity index (χ0n) is 20.1. The van der Waals surface area contributed by atoms with Gasteiger partial charge in [-0.2, -0.15) is 0 Å². The van der Waals surface area contributed by atoms with E-state index in [1.54, 1.807) is 4.90 Å². The number of aryl methyl sites for hydroxylation is 1. The van der Waals surface area contributed by atoms with E-state index >= 15 is 0 Å². The molecule has 0 radical (unpaired) electrons. The van der Waals surface area contributed by atoms with Gasteiger partial charge in [-0.3, -0.25) is 4.90 Å². The molecule has 3 aromatic rings. The Kier molecular flexibility index (Phi) is 9.08. The summed E-state index contributed by atoms with van der Waals surface area (Å²) in [5, 5.41) is 3.06. The van der Waals surface area contributed by atoms with Crippen LogP contribution in [0.4, 0.5) is 10.5 Å². The monoisotopic (exact) mass is 443 g/mol. The highest BCUT2D eigenvalue weighted by Crippen LogP contribution is 2.25. The molecule has 3 aromatic carbocycles. The van der Waals surface area contributed by atoms with Crippen LogP contribution in [-0.4, -0.2) is 18.6 Å². The van der Waals surface area contributed by atoms with E-state index in [9.17, 15) is 4.79 Å². The summed E-state index contributed by atoms with van der Waals surface area (Å²) in [6, 6.07) is 26.6. The zero-order chi connectivity index (χ0) is 23.6.